The van der Waals surface area contributed by atoms with E-state index in [9.17, 15) is 4.79 Å². The molecule has 1 amide bonds. The first-order valence-electron chi connectivity index (χ1n) is 4.12. The molecule has 3 N–H and O–H groups in total. The van der Waals surface area contributed by atoms with Crippen molar-refractivity contribution >= 4 is 5.91 Å². The van der Waals surface area contributed by atoms with Crippen molar-refractivity contribution in [3.8, 4) is 0 Å². The molecule has 2 atom stereocenters. The SMILES string of the molecule is CCC(C)C(=O)N[C@H](C)CN. The van der Waals surface area contributed by atoms with Gasteiger partial charge in [-0.3, -0.25) is 4.79 Å². The summed E-state index contributed by atoms with van der Waals surface area (Å²) in [5.74, 6) is 0.203. The van der Waals surface area contributed by atoms with Crippen LogP contribution in [-0.2, 0) is 4.79 Å². The topological polar surface area (TPSA) is 55.1 Å². The molecule has 0 spiro atoms. The number of hydrogen-bond acceptors (Lipinski definition) is 2. The van der Waals surface area contributed by atoms with Crippen LogP contribution in [0.4, 0.5) is 0 Å². The van der Waals surface area contributed by atoms with Crippen molar-refractivity contribution < 1.29 is 4.79 Å². The molecule has 66 valence electrons. The molecule has 0 aromatic rings. The Bertz CT molecular complexity index is 125. The minimum absolute atomic E-state index is 0.0940. The summed E-state index contributed by atoms with van der Waals surface area (Å²) >= 11 is 0. The van der Waals surface area contributed by atoms with E-state index in [-0.39, 0.29) is 17.9 Å². The van der Waals surface area contributed by atoms with Gasteiger partial charge in [0.15, 0.2) is 0 Å². The van der Waals surface area contributed by atoms with E-state index < -0.39 is 0 Å². The Morgan fingerprint density at radius 3 is 2.45 bits per heavy atom. The quantitative estimate of drug-likeness (QED) is 0.626. The normalized spacial score (nSPS) is 15.6. The molecule has 0 bridgehead atoms. The van der Waals surface area contributed by atoms with Crippen LogP contribution in [0.5, 0.6) is 0 Å². The molecular weight excluding hydrogens is 140 g/mol. The zero-order valence-electron chi connectivity index (χ0n) is 7.55. The van der Waals surface area contributed by atoms with Gasteiger partial charge in [0.25, 0.3) is 0 Å². The lowest BCUT2D eigenvalue weighted by atomic mass is 10.1. The average molecular weight is 158 g/mol. The van der Waals surface area contributed by atoms with Crippen LogP contribution in [0.25, 0.3) is 0 Å². The fourth-order valence-corrected chi connectivity index (χ4v) is 0.629. The van der Waals surface area contributed by atoms with E-state index in [1.54, 1.807) is 0 Å². The maximum atomic E-state index is 11.2. The minimum Gasteiger partial charge on any atom is -0.352 e. The predicted molar refractivity (Wildman–Crippen MR) is 46.1 cm³/mol. The minimum atomic E-state index is 0.0940. The number of nitrogens with two attached hydrogens (primary N) is 1. The third kappa shape index (κ3) is 3.98. The Morgan fingerprint density at radius 1 is 1.55 bits per heavy atom. The van der Waals surface area contributed by atoms with Gasteiger partial charge in [-0.05, 0) is 13.3 Å². The van der Waals surface area contributed by atoms with Gasteiger partial charge < -0.3 is 11.1 Å². The van der Waals surface area contributed by atoms with Crippen molar-refractivity contribution in [1.29, 1.82) is 0 Å². The molecule has 1 unspecified atom stereocenters. The fraction of sp³-hybridized carbons (Fsp3) is 0.875. The van der Waals surface area contributed by atoms with Crippen molar-refractivity contribution in [2.24, 2.45) is 11.7 Å². The van der Waals surface area contributed by atoms with Gasteiger partial charge in [0.2, 0.25) is 5.91 Å². The maximum absolute atomic E-state index is 11.2. The zero-order chi connectivity index (χ0) is 8.85. The third-order valence-corrected chi connectivity index (χ3v) is 1.80. The second kappa shape index (κ2) is 5.13. The summed E-state index contributed by atoms with van der Waals surface area (Å²) in [5, 5.41) is 2.82. The van der Waals surface area contributed by atoms with Crippen LogP contribution in [0.2, 0.25) is 0 Å². The van der Waals surface area contributed by atoms with Gasteiger partial charge >= 0.3 is 0 Å². The van der Waals surface area contributed by atoms with Crippen LogP contribution >= 0.6 is 0 Å². The van der Waals surface area contributed by atoms with Gasteiger partial charge in [0.05, 0.1) is 0 Å². The van der Waals surface area contributed by atoms with Crippen molar-refractivity contribution in [3.63, 3.8) is 0 Å². The fourth-order valence-electron chi connectivity index (χ4n) is 0.629. The molecule has 0 aliphatic heterocycles. The first kappa shape index (κ1) is 10.4. The van der Waals surface area contributed by atoms with E-state index >= 15 is 0 Å². The molecule has 3 heteroatoms. The van der Waals surface area contributed by atoms with Crippen molar-refractivity contribution in [2.45, 2.75) is 33.2 Å². The van der Waals surface area contributed by atoms with Crippen molar-refractivity contribution in [1.82, 2.24) is 5.32 Å². The largest absolute Gasteiger partial charge is 0.352 e. The summed E-state index contributed by atoms with van der Waals surface area (Å²) < 4.78 is 0. The van der Waals surface area contributed by atoms with Crippen LogP contribution in [0.1, 0.15) is 27.2 Å². The Hall–Kier alpha value is -0.570. The van der Waals surface area contributed by atoms with Crippen LogP contribution < -0.4 is 11.1 Å². The number of carbonyl (C=O) groups excluding carboxylic acids is 1. The summed E-state index contributed by atoms with van der Waals surface area (Å²) in [5.41, 5.74) is 5.35. The Kier molecular flexibility index (Phi) is 4.86. The highest BCUT2D eigenvalue weighted by atomic mass is 16.1. The van der Waals surface area contributed by atoms with E-state index in [1.807, 2.05) is 20.8 Å². The first-order chi connectivity index (χ1) is 5.11. The van der Waals surface area contributed by atoms with E-state index in [2.05, 4.69) is 5.32 Å². The molecule has 0 heterocycles. The van der Waals surface area contributed by atoms with E-state index in [0.29, 0.717) is 6.54 Å². The highest BCUT2D eigenvalue weighted by Gasteiger charge is 2.11. The number of carbonyl (C=O) groups is 1. The number of amides is 1. The summed E-state index contributed by atoms with van der Waals surface area (Å²) in [7, 11) is 0. The second-order valence-electron chi connectivity index (χ2n) is 2.95. The molecule has 0 saturated carbocycles. The van der Waals surface area contributed by atoms with Crippen molar-refractivity contribution in [3.05, 3.63) is 0 Å². The van der Waals surface area contributed by atoms with E-state index in [1.165, 1.54) is 0 Å². The van der Waals surface area contributed by atoms with Crippen LogP contribution in [-0.4, -0.2) is 18.5 Å². The molecule has 0 aromatic heterocycles. The number of nitrogens with one attached hydrogen (secondary N) is 1. The van der Waals surface area contributed by atoms with Crippen LogP contribution in [0, 0.1) is 5.92 Å². The smallest absolute Gasteiger partial charge is 0.223 e. The number of hydrogen-bond donors (Lipinski definition) is 2. The molecule has 11 heavy (non-hydrogen) atoms. The molecule has 0 aliphatic carbocycles. The lowest BCUT2D eigenvalue weighted by molar-refractivity contribution is -0.125. The molecule has 0 aromatic carbocycles. The van der Waals surface area contributed by atoms with Gasteiger partial charge in [-0.15, -0.1) is 0 Å². The molecule has 0 fully saturated rings. The van der Waals surface area contributed by atoms with Crippen LogP contribution in [0.3, 0.4) is 0 Å². The van der Waals surface area contributed by atoms with Gasteiger partial charge in [0.1, 0.15) is 0 Å². The molecule has 0 rings (SSSR count). The van der Waals surface area contributed by atoms with Crippen molar-refractivity contribution in [2.75, 3.05) is 6.54 Å². The molecule has 0 aliphatic rings. The Morgan fingerprint density at radius 2 is 2.09 bits per heavy atom. The molecule has 3 nitrogen and oxygen atoms in total. The molecular formula is C8H18N2O. The highest BCUT2D eigenvalue weighted by Crippen LogP contribution is 1.99. The van der Waals surface area contributed by atoms with E-state index in [0.717, 1.165) is 6.42 Å². The lowest BCUT2D eigenvalue weighted by Crippen LogP contribution is -2.40. The van der Waals surface area contributed by atoms with E-state index in [4.69, 9.17) is 5.73 Å². The molecule has 0 saturated heterocycles. The molecule has 0 radical (unpaired) electrons. The monoisotopic (exact) mass is 158 g/mol. The summed E-state index contributed by atoms with van der Waals surface area (Å²) in [6, 6.07) is 0.0940. The lowest BCUT2D eigenvalue weighted by Gasteiger charge is -2.14. The zero-order valence-corrected chi connectivity index (χ0v) is 7.55. The standard InChI is InChI=1S/C8H18N2O/c1-4-6(2)8(11)10-7(3)5-9/h6-7H,4-5,9H2,1-3H3,(H,10,11)/t6?,7-/m1/s1. The Labute approximate surface area is 68.3 Å². The summed E-state index contributed by atoms with van der Waals surface area (Å²) in [6.45, 7) is 6.32. The number of rotatable bonds is 4. The average Bonchev–Trinajstić information content (AvgIpc) is 2.02. The second-order valence-corrected chi connectivity index (χ2v) is 2.95. The predicted octanol–water partition coefficient (Wildman–Crippen LogP) is 0.496. The van der Waals surface area contributed by atoms with Gasteiger partial charge in [0, 0.05) is 18.5 Å². The maximum Gasteiger partial charge on any atom is 0.223 e. The van der Waals surface area contributed by atoms with Gasteiger partial charge in [-0.2, -0.15) is 0 Å². The highest BCUT2D eigenvalue weighted by molar-refractivity contribution is 5.78. The third-order valence-electron chi connectivity index (χ3n) is 1.80. The Balaban J connectivity index is 3.68. The van der Waals surface area contributed by atoms with Gasteiger partial charge in [-0.1, -0.05) is 13.8 Å². The van der Waals surface area contributed by atoms with Gasteiger partial charge in [-0.25, -0.2) is 0 Å². The first-order valence-corrected chi connectivity index (χ1v) is 4.12. The summed E-state index contributed by atoms with van der Waals surface area (Å²) in [4.78, 5) is 11.2. The van der Waals surface area contributed by atoms with Crippen LogP contribution in [0.15, 0.2) is 0 Å². The summed E-state index contributed by atoms with van der Waals surface area (Å²) in [6.07, 6.45) is 0.878.